The highest BCUT2D eigenvalue weighted by Gasteiger charge is 2.17. The van der Waals surface area contributed by atoms with Crippen LogP contribution in [0.1, 0.15) is 22.5 Å². The summed E-state index contributed by atoms with van der Waals surface area (Å²) < 4.78 is 8.24. The number of aryl methyl sites for hydroxylation is 1. The smallest absolute Gasteiger partial charge is 0.159 e. The van der Waals surface area contributed by atoms with Gasteiger partial charge in [-0.05, 0) is 69.9 Å². The van der Waals surface area contributed by atoms with Crippen molar-refractivity contribution in [2.24, 2.45) is 0 Å². The van der Waals surface area contributed by atoms with E-state index in [1.807, 2.05) is 47.3 Å². The monoisotopic (exact) mass is 449 g/mol. The fraction of sp³-hybridized carbons (Fsp3) is 0.182. The van der Waals surface area contributed by atoms with Crippen LogP contribution in [0.5, 0.6) is 5.75 Å². The van der Waals surface area contributed by atoms with Gasteiger partial charge in [-0.1, -0.05) is 6.07 Å². The molecule has 0 atom stereocenters. The average molecular weight is 450 g/mol. The molecule has 0 amide bonds. The van der Waals surface area contributed by atoms with Crippen molar-refractivity contribution in [2.75, 3.05) is 7.11 Å². The van der Waals surface area contributed by atoms with Gasteiger partial charge in [0.05, 0.1) is 18.1 Å². The number of halogens is 1. The molecule has 3 aromatic heterocycles. The molecule has 0 unspecified atom stereocenters. The number of ether oxygens (including phenoxy) is 1. The van der Waals surface area contributed by atoms with Crippen LogP contribution in [0.2, 0.25) is 0 Å². The predicted octanol–water partition coefficient (Wildman–Crippen LogP) is 4.45. The van der Waals surface area contributed by atoms with E-state index >= 15 is 0 Å². The normalized spacial score (nSPS) is 10.9. The zero-order valence-corrected chi connectivity index (χ0v) is 17.8. The highest BCUT2D eigenvalue weighted by Crippen LogP contribution is 2.33. The summed E-state index contributed by atoms with van der Waals surface area (Å²) in [6, 6.07) is 12.0. The first kappa shape index (κ1) is 19.3. The summed E-state index contributed by atoms with van der Waals surface area (Å²) in [7, 11) is 1.66. The zero-order chi connectivity index (χ0) is 20.2. The molecule has 0 spiro atoms. The number of pyridine rings is 2. The van der Waals surface area contributed by atoms with Crippen LogP contribution in [0.4, 0.5) is 0 Å². The summed E-state index contributed by atoms with van der Waals surface area (Å²) in [5, 5.41) is 4.80. The average Bonchev–Trinajstić information content (AvgIpc) is 3.12. The number of rotatable bonds is 6. The minimum Gasteiger partial charge on any atom is -0.496 e. The van der Waals surface area contributed by atoms with Crippen molar-refractivity contribution in [3.63, 3.8) is 0 Å². The summed E-state index contributed by atoms with van der Waals surface area (Å²) in [6.07, 6.45) is 7.84. The first-order chi connectivity index (χ1) is 14.1. The van der Waals surface area contributed by atoms with Crippen LogP contribution < -0.4 is 4.74 Å². The summed E-state index contributed by atoms with van der Waals surface area (Å²) in [5.74, 6) is 2.38. The topological polar surface area (TPSA) is 65.7 Å². The van der Waals surface area contributed by atoms with Crippen LogP contribution in [-0.2, 0) is 13.0 Å². The molecule has 0 aliphatic carbocycles. The van der Waals surface area contributed by atoms with Crippen LogP contribution in [0.15, 0.2) is 65.7 Å². The molecule has 0 saturated heterocycles. The highest BCUT2D eigenvalue weighted by molar-refractivity contribution is 9.10. The third kappa shape index (κ3) is 4.35. The predicted molar refractivity (Wildman–Crippen MR) is 115 cm³/mol. The Bertz CT molecular complexity index is 1110. The summed E-state index contributed by atoms with van der Waals surface area (Å²) in [5.41, 5.74) is 4.27. The van der Waals surface area contributed by atoms with Crippen molar-refractivity contribution in [3.8, 4) is 17.1 Å². The number of aromatic nitrogens is 5. The van der Waals surface area contributed by atoms with Gasteiger partial charge in [-0.3, -0.25) is 9.97 Å². The van der Waals surface area contributed by atoms with Gasteiger partial charge in [0.15, 0.2) is 11.6 Å². The van der Waals surface area contributed by atoms with Crippen LogP contribution in [0.25, 0.3) is 11.4 Å². The molecule has 0 aliphatic rings. The van der Waals surface area contributed by atoms with Crippen molar-refractivity contribution < 1.29 is 4.74 Å². The van der Waals surface area contributed by atoms with E-state index < -0.39 is 0 Å². The van der Waals surface area contributed by atoms with E-state index in [9.17, 15) is 0 Å². The number of hydrogen-bond donors (Lipinski definition) is 0. The molecule has 0 N–H and O–H groups in total. The van der Waals surface area contributed by atoms with Crippen LogP contribution >= 0.6 is 15.9 Å². The molecule has 1 aromatic carbocycles. The summed E-state index contributed by atoms with van der Waals surface area (Å²) >= 11 is 3.59. The Morgan fingerprint density at radius 1 is 1.03 bits per heavy atom. The Balaban J connectivity index is 1.77. The van der Waals surface area contributed by atoms with Gasteiger partial charge in [0.25, 0.3) is 0 Å². The Morgan fingerprint density at radius 2 is 1.86 bits per heavy atom. The maximum Gasteiger partial charge on any atom is 0.159 e. The lowest BCUT2D eigenvalue weighted by atomic mass is 10.1. The molecule has 6 nitrogen and oxygen atoms in total. The summed E-state index contributed by atoms with van der Waals surface area (Å²) in [4.78, 5) is 13.2. The van der Waals surface area contributed by atoms with Gasteiger partial charge in [0.2, 0.25) is 0 Å². The van der Waals surface area contributed by atoms with E-state index in [-0.39, 0.29) is 0 Å². The molecular weight excluding hydrogens is 430 g/mol. The lowest BCUT2D eigenvalue weighted by Crippen LogP contribution is -2.05. The van der Waals surface area contributed by atoms with E-state index in [0.717, 1.165) is 44.1 Å². The van der Waals surface area contributed by atoms with Gasteiger partial charge >= 0.3 is 0 Å². The van der Waals surface area contributed by atoms with Gasteiger partial charge in [-0.25, -0.2) is 9.67 Å². The SMILES string of the molecule is COc1cc(C)c(-c2nc(Cc3ccncc3)nn2Cc2cccnc2)cc1Br. The fourth-order valence-corrected chi connectivity index (χ4v) is 3.68. The molecule has 146 valence electrons. The molecule has 4 rings (SSSR count). The molecule has 29 heavy (non-hydrogen) atoms. The molecule has 0 saturated carbocycles. The first-order valence-electron chi connectivity index (χ1n) is 9.20. The van der Waals surface area contributed by atoms with Gasteiger partial charge in [-0.2, -0.15) is 5.10 Å². The maximum absolute atomic E-state index is 5.42. The van der Waals surface area contributed by atoms with Gasteiger partial charge in [-0.15, -0.1) is 0 Å². The van der Waals surface area contributed by atoms with Crippen LogP contribution in [0.3, 0.4) is 0 Å². The van der Waals surface area contributed by atoms with Crippen molar-refractivity contribution in [2.45, 2.75) is 19.9 Å². The number of hydrogen-bond acceptors (Lipinski definition) is 5. The van der Waals surface area contributed by atoms with Crippen molar-refractivity contribution >= 4 is 15.9 Å². The zero-order valence-electron chi connectivity index (χ0n) is 16.2. The number of benzene rings is 1. The lowest BCUT2D eigenvalue weighted by molar-refractivity contribution is 0.412. The van der Waals surface area contributed by atoms with E-state index in [4.69, 9.17) is 14.8 Å². The van der Waals surface area contributed by atoms with Crippen molar-refractivity contribution in [1.29, 1.82) is 0 Å². The van der Waals surface area contributed by atoms with Gasteiger partial charge in [0, 0.05) is 36.8 Å². The molecule has 3 heterocycles. The Kier molecular flexibility index (Phi) is 5.67. The third-order valence-corrected chi connectivity index (χ3v) is 5.24. The minimum atomic E-state index is 0.593. The number of methoxy groups -OCH3 is 1. The van der Waals surface area contributed by atoms with Crippen molar-refractivity contribution in [3.05, 3.63) is 88.2 Å². The first-order valence-corrected chi connectivity index (χ1v) is 9.99. The van der Waals surface area contributed by atoms with Crippen LogP contribution in [0, 0.1) is 6.92 Å². The quantitative estimate of drug-likeness (QED) is 0.434. The van der Waals surface area contributed by atoms with E-state index in [1.165, 1.54) is 0 Å². The van der Waals surface area contributed by atoms with Gasteiger partial charge < -0.3 is 4.74 Å². The fourth-order valence-electron chi connectivity index (χ4n) is 3.17. The highest BCUT2D eigenvalue weighted by atomic mass is 79.9. The van der Waals surface area contributed by atoms with Crippen molar-refractivity contribution in [1.82, 2.24) is 24.7 Å². The molecule has 0 aliphatic heterocycles. The maximum atomic E-state index is 5.42. The third-order valence-electron chi connectivity index (χ3n) is 4.62. The molecule has 0 fully saturated rings. The Hall–Kier alpha value is -3.06. The largest absolute Gasteiger partial charge is 0.496 e. The van der Waals surface area contributed by atoms with Crippen LogP contribution in [-0.4, -0.2) is 31.8 Å². The second-order valence-electron chi connectivity index (χ2n) is 6.70. The standard InChI is InChI=1S/C22H20BrN5O/c1-15-10-20(29-2)19(23)12-18(15)22-26-21(11-16-5-8-24-9-6-16)27-28(22)14-17-4-3-7-25-13-17/h3-10,12-13H,11,14H2,1-2H3. The lowest BCUT2D eigenvalue weighted by Gasteiger charge is -2.11. The summed E-state index contributed by atoms with van der Waals surface area (Å²) in [6.45, 7) is 2.64. The molecule has 0 bridgehead atoms. The van der Waals surface area contributed by atoms with Gasteiger partial charge in [0.1, 0.15) is 5.75 Å². The van der Waals surface area contributed by atoms with E-state index in [1.54, 1.807) is 25.7 Å². The Morgan fingerprint density at radius 3 is 2.59 bits per heavy atom. The molecule has 0 radical (unpaired) electrons. The second kappa shape index (κ2) is 8.53. The Labute approximate surface area is 177 Å². The molecule has 4 aromatic rings. The van der Waals surface area contributed by atoms with E-state index in [0.29, 0.717) is 13.0 Å². The molecule has 7 heteroatoms. The molecular formula is C22H20BrN5O. The number of nitrogens with zero attached hydrogens (tertiary/aromatic N) is 5. The minimum absolute atomic E-state index is 0.593. The van der Waals surface area contributed by atoms with E-state index in [2.05, 4.69) is 32.8 Å². The second-order valence-corrected chi connectivity index (χ2v) is 7.56.